The summed E-state index contributed by atoms with van der Waals surface area (Å²) in [4.78, 5) is 15.9. The van der Waals surface area contributed by atoms with Gasteiger partial charge >= 0.3 is 5.97 Å². The van der Waals surface area contributed by atoms with E-state index in [0.717, 1.165) is 13.1 Å². The molecule has 0 aromatic carbocycles. The average molecular weight is 242 g/mol. The Kier molecular flexibility index (Phi) is 4.95. The number of carboxylic acids is 1. The van der Waals surface area contributed by atoms with E-state index in [4.69, 9.17) is 0 Å². The molecule has 1 rings (SSSR count). The maximum Gasteiger partial charge on any atom is 0.310 e. The molecule has 0 amide bonds. The molecule has 0 aliphatic carbocycles. The van der Waals surface area contributed by atoms with Crippen molar-refractivity contribution in [3.8, 4) is 0 Å². The zero-order valence-corrected chi connectivity index (χ0v) is 11.6. The van der Waals surface area contributed by atoms with Crippen LogP contribution in [0.5, 0.6) is 0 Å². The van der Waals surface area contributed by atoms with Crippen molar-refractivity contribution in [1.82, 2.24) is 9.80 Å². The topological polar surface area (TPSA) is 43.8 Å². The molecule has 1 heterocycles. The molecule has 0 aromatic heterocycles. The van der Waals surface area contributed by atoms with Crippen molar-refractivity contribution in [3.63, 3.8) is 0 Å². The van der Waals surface area contributed by atoms with Crippen molar-refractivity contribution in [2.24, 2.45) is 5.41 Å². The van der Waals surface area contributed by atoms with Gasteiger partial charge in [0, 0.05) is 19.1 Å². The molecule has 1 N–H and O–H groups in total. The SMILES string of the molecule is CCC(C)(CN1CCCC1CN(C)C)C(=O)O. The Morgan fingerprint density at radius 2 is 2.18 bits per heavy atom. The minimum atomic E-state index is -0.671. The molecule has 0 saturated carbocycles. The number of likely N-dealkylation sites (tertiary alicyclic amines) is 1. The Morgan fingerprint density at radius 1 is 1.53 bits per heavy atom. The summed E-state index contributed by atoms with van der Waals surface area (Å²) in [7, 11) is 4.15. The van der Waals surface area contributed by atoms with Gasteiger partial charge in [0.2, 0.25) is 0 Å². The highest BCUT2D eigenvalue weighted by Crippen LogP contribution is 2.27. The van der Waals surface area contributed by atoms with Gasteiger partial charge in [-0.25, -0.2) is 0 Å². The first-order valence-electron chi connectivity index (χ1n) is 6.51. The number of nitrogens with zero attached hydrogens (tertiary/aromatic N) is 2. The van der Waals surface area contributed by atoms with E-state index in [1.165, 1.54) is 12.8 Å². The summed E-state index contributed by atoms with van der Waals surface area (Å²) in [6, 6.07) is 0.523. The monoisotopic (exact) mass is 242 g/mol. The summed E-state index contributed by atoms with van der Waals surface area (Å²) in [6.45, 7) is 6.57. The number of carboxylic acid groups (broad SMARTS) is 1. The zero-order valence-electron chi connectivity index (χ0n) is 11.6. The van der Waals surface area contributed by atoms with Crippen molar-refractivity contribution in [3.05, 3.63) is 0 Å². The summed E-state index contributed by atoms with van der Waals surface area (Å²) >= 11 is 0. The van der Waals surface area contributed by atoms with Crippen molar-refractivity contribution < 1.29 is 9.90 Å². The summed E-state index contributed by atoms with van der Waals surface area (Å²) in [5.74, 6) is -0.671. The number of aliphatic carboxylic acids is 1. The van der Waals surface area contributed by atoms with Crippen LogP contribution in [-0.2, 0) is 4.79 Å². The van der Waals surface area contributed by atoms with Gasteiger partial charge in [-0.05, 0) is 46.8 Å². The van der Waals surface area contributed by atoms with Gasteiger partial charge in [0.1, 0.15) is 0 Å². The highest BCUT2D eigenvalue weighted by Gasteiger charge is 2.36. The van der Waals surface area contributed by atoms with Crippen LogP contribution < -0.4 is 0 Å². The predicted octanol–water partition coefficient (Wildman–Crippen LogP) is 1.51. The number of hydrogen-bond acceptors (Lipinski definition) is 3. The number of carbonyl (C=O) groups is 1. The second kappa shape index (κ2) is 5.83. The summed E-state index contributed by atoms with van der Waals surface area (Å²) in [6.07, 6.45) is 3.07. The fraction of sp³-hybridized carbons (Fsp3) is 0.923. The molecule has 100 valence electrons. The smallest absolute Gasteiger partial charge is 0.310 e. The molecule has 2 unspecified atom stereocenters. The highest BCUT2D eigenvalue weighted by atomic mass is 16.4. The Hall–Kier alpha value is -0.610. The van der Waals surface area contributed by atoms with Gasteiger partial charge in [0.05, 0.1) is 5.41 Å². The first kappa shape index (κ1) is 14.5. The molecule has 2 atom stereocenters. The van der Waals surface area contributed by atoms with E-state index in [1.807, 2.05) is 13.8 Å². The Balaban J connectivity index is 2.63. The second-order valence-corrected chi connectivity index (χ2v) is 5.75. The van der Waals surface area contributed by atoms with E-state index in [-0.39, 0.29) is 0 Å². The lowest BCUT2D eigenvalue weighted by Gasteiger charge is -2.33. The molecule has 1 aliphatic heterocycles. The minimum Gasteiger partial charge on any atom is -0.481 e. The Morgan fingerprint density at radius 3 is 2.65 bits per heavy atom. The quantitative estimate of drug-likeness (QED) is 0.767. The maximum absolute atomic E-state index is 11.3. The summed E-state index contributed by atoms with van der Waals surface area (Å²) in [5.41, 5.74) is -0.602. The third kappa shape index (κ3) is 3.68. The van der Waals surface area contributed by atoms with Crippen molar-refractivity contribution in [2.45, 2.75) is 39.2 Å². The van der Waals surface area contributed by atoms with E-state index >= 15 is 0 Å². The van der Waals surface area contributed by atoms with Crippen LogP contribution in [0.3, 0.4) is 0 Å². The van der Waals surface area contributed by atoms with E-state index in [9.17, 15) is 9.90 Å². The standard InChI is InChI=1S/C13H26N2O2/c1-5-13(2,12(16)17)10-15-8-6-7-11(15)9-14(3)4/h11H,5-10H2,1-4H3,(H,16,17). The Labute approximate surface area is 105 Å². The lowest BCUT2D eigenvalue weighted by Crippen LogP contribution is -2.45. The molecule has 1 aliphatic rings. The lowest BCUT2D eigenvalue weighted by atomic mass is 9.87. The van der Waals surface area contributed by atoms with Crippen LogP contribution in [0.2, 0.25) is 0 Å². The molecule has 1 saturated heterocycles. The third-order valence-corrected chi connectivity index (χ3v) is 3.92. The van der Waals surface area contributed by atoms with Gasteiger partial charge in [-0.1, -0.05) is 6.92 Å². The normalized spacial score (nSPS) is 25.1. The molecular formula is C13H26N2O2. The molecule has 4 heteroatoms. The van der Waals surface area contributed by atoms with Gasteiger partial charge in [-0.15, -0.1) is 0 Å². The molecule has 0 bridgehead atoms. The predicted molar refractivity (Wildman–Crippen MR) is 69.2 cm³/mol. The third-order valence-electron chi connectivity index (χ3n) is 3.92. The zero-order chi connectivity index (χ0) is 13.1. The van der Waals surface area contributed by atoms with Gasteiger partial charge < -0.3 is 10.0 Å². The molecule has 0 radical (unpaired) electrons. The maximum atomic E-state index is 11.3. The van der Waals surface area contributed by atoms with Crippen LogP contribution in [0.25, 0.3) is 0 Å². The fourth-order valence-electron chi connectivity index (χ4n) is 2.51. The van der Waals surface area contributed by atoms with Crippen molar-refractivity contribution >= 4 is 5.97 Å². The first-order valence-corrected chi connectivity index (χ1v) is 6.51. The molecule has 0 spiro atoms. The van der Waals surface area contributed by atoms with E-state index in [1.54, 1.807) is 0 Å². The summed E-state index contributed by atoms with van der Waals surface area (Å²) in [5, 5.41) is 9.32. The van der Waals surface area contributed by atoms with Crippen LogP contribution in [0.15, 0.2) is 0 Å². The van der Waals surface area contributed by atoms with Crippen LogP contribution in [0, 0.1) is 5.41 Å². The molecule has 4 nitrogen and oxygen atoms in total. The van der Waals surface area contributed by atoms with Crippen molar-refractivity contribution in [2.75, 3.05) is 33.7 Å². The first-order chi connectivity index (χ1) is 7.89. The minimum absolute atomic E-state index is 0.523. The van der Waals surface area contributed by atoms with Crippen LogP contribution in [0.4, 0.5) is 0 Å². The highest BCUT2D eigenvalue weighted by molar-refractivity contribution is 5.74. The number of rotatable bonds is 6. The second-order valence-electron chi connectivity index (χ2n) is 5.75. The van der Waals surface area contributed by atoms with E-state index in [0.29, 0.717) is 19.0 Å². The van der Waals surface area contributed by atoms with Crippen molar-refractivity contribution in [1.29, 1.82) is 0 Å². The molecule has 17 heavy (non-hydrogen) atoms. The largest absolute Gasteiger partial charge is 0.481 e. The number of hydrogen-bond donors (Lipinski definition) is 1. The fourth-order valence-corrected chi connectivity index (χ4v) is 2.51. The molecular weight excluding hydrogens is 216 g/mol. The van der Waals surface area contributed by atoms with Gasteiger partial charge in [0.25, 0.3) is 0 Å². The van der Waals surface area contributed by atoms with Gasteiger partial charge in [0.15, 0.2) is 0 Å². The Bertz CT molecular complexity index is 268. The van der Waals surface area contributed by atoms with Crippen LogP contribution in [-0.4, -0.2) is 60.6 Å². The van der Waals surface area contributed by atoms with Crippen LogP contribution >= 0.6 is 0 Å². The van der Waals surface area contributed by atoms with Gasteiger partial charge in [-0.3, -0.25) is 9.69 Å². The summed E-state index contributed by atoms with van der Waals surface area (Å²) < 4.78 is 0. The van der Waals surface area contributed by atoms with Gasteiger partial charge in [-0.2, -0.15) is 0 Å². The van der Waals surface area contributed by atoms with E-state index < -0.39 is 11.4 Å². The number of likely N-dealkylation sites (N-methyl/N-ethyl adjacent to an activating group) is 1. The van der Waals surface area contributed by atoms with E-state index in [2.05, 4.69) is 23.9 Å². The van der Waals surface area contributed by atoms with Crippen LogP contribution in [0.1, 0.15) is 33.1 Å². The molecule has 1 fully saturated rings. The molecule has 0 aromatic rings. The average Bonchev–Trinajstić information content (AvgIpc) is 2.64. The lowest BCUT2D eigenvalue weighted by molar-refractivity contribution is -0.149.